The number of likely N-dealkylation sites (tertiary alicyclic amines) is 1. The minimum absolute atomic E-state index is 0. The largest absolute Gasteiger partial charge is 0.350 e. The molecule has 1 saturated carbocycles. The van der Waals surface area contributed by atoms with Gasteiger partial charge in [-0.2, -0.15) is 0 Å². The summed E-state index contributed by atoms with van der Waals surface area (Å²) in [7, 11) is 0. The zero-order valence-electron chi connectivity index (χ0n) is 13.3. The molecule has 126 valence electrons. The van der Waals surface area contributed by atoms with Crippen LogP contribution in [0.1, 0.15) is 31.2 Å². The van der Waals surface area contributed by atoms with Gasteiger partial charge in [-0.25, -0.2) is 0 Å². The Labute approximate surface area is 141 Å². The zero-order valence-corrected chi connectivity index (χ0v) is 13.3. The molecule has 2 fully saturated rings. The number of aromatic nitrogens is 1. The summed E-state index contributed by atoms with van der Waals surface area (Å²) < 4.78 is 5.15. The maximum absolute atomic E-state index is 12.2. The Morgan fingerprint density at radius 1 is 1.21 bits per heavy atom. The number of nitrogens with zero attached hydrogens (tertiary/aromatic N) is 2. The average Bonchev–Trinajstić information content (AvgIpc) is 2.99. The number of nitrogens with one attached hydrogen (secondary N) is 1. The predicted octanol–water partition coefficient (Wildman–Crippen LogP) is 2.33. The molecule has 1 saturated heterocycles. The van der Waals surface area contributed by atoms with E-state index in [1.54, 1.807) is 6.07 Å². The van der Waals surface area contributed by atoms with Crippen molar-refractivity contribution < 1.29 is 15.5 Å². The third-order valence-corrected chi connectivity index (χ3v) is 4.79. The minimum Gasteiger partial charge on any atom is -0.350 e. The van der Waals surface area contributed by atoms with Crippen molar-refractivity contribution in [1.82, 2.24) is 15.4 Å². The fourth-order valence-electron chi connectivity index (χ4n) is 3.12. The van der Waals surface area contributed by atoms with Crippen molar-refractivity contribution in [1.29, 1.82) is 0 Å². The molecular formula is C18H21N3O3. The molecule has 6 nitrogen and oxygen atoms in total. The van der Waals surface area contributed by atoms with E-state index in [0.717, 1.165) is 25.1 Å². The summed E-state index contributed by atoms with van der Waals surface area (Å²) in [5.41, 5.74) is 1.55. The molecule has 1 aliphatic heterocycles. The molecule has 0 radical (unpaired) electrons. The predicted molar refractivity (Wildman–Crippen MR) is 89.2 cm³/mol. The van der Waals surface area contributed by atoms with Gasteiger partial charge in [0.25, 0.3) is 5.91 Å². The quantitative estimate of drug-likeness (QED) is 0.935. The Morgan fingerprint density at radius 2 is 1.96 bits per heavy atom. The number of carbonyl (C=O) groups is 2. The van der Waals surface area contributed by atoms with Crippen LogP contribution in [0.25, 0.3) is 11.3 Å². The highest BCUT2D eigenvalue weighted by atomic mass is 16.5. The van der Waals surface area contributed by atoms with Crippen LogP contribution in [0.2, 0.25) is 0 Å². The molecule has 1 aliphatic carbocycles. The van der Waals surface area contributed by atoms with Crippen LogP contribution in [-0.4, -0.2) is 41.0 Å². The molecule has 0 atom stereocenters. The van der Waals surface area contributed by atoms with Gasteiger partial charge in [0.05, 0.1) is 0 Å². The third kappa shape index (κ3) is 2.79. The van der Waals surface area contributed by atoms with E-state index in [2.05, 4.69) is 10.5 Å². The SMILES string of the molecule is O=C(NC1CC(C(=O)N2CCC2)C1)c1cc(-c2ccccc2)no1.[HH]. The standard InChI is InChI=1S/C18H19N3O3.H2/c22-17(16-11-15(20-24-16)12-5-2-1-3-6-12)19-14-9-13(10-14)18(23)21-7-4-8-21;/h1-3,5-6,11,13-14H,4,7-10H2,(H,19,22);1H. The summed E-state index contributed by atoms with van der Waals surface area (Å²) >= 11 is 0. The van der Waals surface area contributed by atoms with Crippen LogP contribution in [0.4, 0.5) is 0 Å². The van der Waals surface area contributed by atoms with E-state index in [4.69, 9.17) is 4.52 Å². The topological polar surface area (TPSA) is 75.4 Å². The molecule has 0 spiro atoms. The third-order valence-electron chi connectivity index (χ3n) is 4.79. The lowest BCUT2D eigenvalue weighted by Crippen LogP contribution is -2.53. The maximum Gasteiger partial charge on any atom is 0.290 e. The van der Waals surface area contributed by atoms with Crippen molar-refractivity contribution in [2.75, 3.05) is 13.1 Å². The Bertz CT molecular complexity index is 752. The van der Waals surface area contributed by atoms with Crippen molar-refractivity contribution >= 4 is 11.8 Å². The van der Waals surface area contributed by atoms with E-state index in [-0.39, 0.29) is 31.0 Å². The minimum atomic E-state index is -0.274. The van der Waals surface area contributed by atoms with Crippen LogP contribution >= 0.6 is 0 Å². The molecule has 2 heterocycles. The normalized spacial score (nSPS) is 22.4. The van der Waals surface area contributed by atoms with Gasteiger partial charge >= 0.3 is 0 Å². The van der Waals surface area contributed by atoms with E-state index in [1.165, 1.54) is 0 Å². The fraction of sp³-hybridized carbons (Fsp3) is 0.389. The lowest BCUT2D eigenvalue weighted by atomic mass is 9.78. The highest BCUT2D eigenvalue weighted by Gasteiger charge is 2.39. The van der Waals surface area contributed by atoms with Crippen LogP contribution in [0.5, 0.6) is 0 Å². The molecule has 2 aliphatic rings. The highest BCUT2D eigenvalue weighted by molar-refractivity contribution is 5.93. The molecule has 6 heteroatoms. The lowest BCUT2D eigenvalue weighted by Gasteiger charge is -2.40. The second kappa shape index (κ2) is 6.11. The molecule has 1 N–H and O–H groups in total. The number of carbonyl (C=O) groups excluding carboxylic acids is 2. The molecule has 0 unspecified atom stereocenters. The van der Waals surface area contributed by atoms with Gasteiger partial charge in [0, 0.05) is 38.1 Å². The van der Waals surface area contributed by atoms with Crippen LogP contribution in [0.15, 0.2) is 40.9 Å². The molecular weight excluding hydrogens is 306 g/mol. The molecule has 2 aromatic rings. The molecule has 2 amide bonds. The summed E-state index contributed by atoms with van der Waals surface area (Å²) in [6.07, 6.45) is 2.52. The Balaban J connectivity index is 0.00000182. The molecule has 0 bridgehead atoms. The van der Waals surface area contributed by atoms with E-state index in [1.807, 2.05) is 35.2 Å². The zero-order chi connectivity index (χ0) is 16.5. The number of rotatable bonds is 4. The Kier molecular flexibility index (Phi) is 3.80. The van der Waals surface area contributed by atoms with Crippen LogP contribution in [-0.2, 0) is 4.79 Å². The maximum atomic E-state index is 12.2. The van der Waals surface area contributed by atoms with E-state index in [0.29, 0.717) is 18.5 Å². The van der Waals surface area contributed by atoms with Gasteiger partial charge in [0.2, 0.25) is 11.7 Å². The van der Waals surface area contributed by atoms with E-state index >= 15 is 0 Å². The monoisotopic (exact) mass is 327 g/mol. The Hall–Kier alpha value is -2.63. The number of amides is 2. The van der Waals surface area contributed by atoms with Gasteiger partial charge in [0.1, 0.15) is 5.69 Å². The molecule has 24 heavy (non-hydrogen) atoms. The van der Waals surface area contributed by atoms with E-state index in [9.17, 15) is 9.59 Å². The smallest absolute Gasteiger partial charge is 0.290 e. The van der Waals surface area contributed by atoms with Gasteiger partial charge in [0.15, 0.2) is 0 Å². The van der Waals surface area contributed by atoms with Crippen LogP contribution in [0, 0.1) is 5.92 Å². The summed E-state index contributed by atoms with van der Waals surface area (Å²) in [5, 5.41) is 6.86. The van der Waals surface area contributed by atoms with Crippen molar-refractivity contribution in [3.05, 3.63) is 42.2 Å². The summed E-state index contributed by atoms with van der Waals surface area (Å²) in [4.78, 5) is 26.2. The first-order chi connectivity index (χ1) is 11.7. The summed E-state index contributed by atoms with van der Waals surface area (Å²) in [6.45, 7) is 1.76. The molecule has 1 aromatic carbocycles. The van der Waals surface area contributed by atoms with Crippen molar-refractivity contribution in [3.8, 4) is 11.3 Å². The fourth-order valence-corrected chi connectivity index (χ4v) is 3.12. The first-order valence-electron chi connectivity index (χ1n) is 8.32. The summed E-state index contributed by atoms with van der Waals surface area (Å²) in [6, 6.07) is 11.3. The van der Waals surface area contributed by atoms with Gasteiger partial charge in [-0.15, -0.1) is 0 Å². The second-order valence-electron chi connectivity index (χ2n) is 6.46. The Morgan fingerprint density at radius 3 is 2.62 bits per heavy atom. The molecule has 1 aromatic heterocycles. The summed E-state index contributed by atoms with van der Waals surface area (Å²) in [5.74, 6) is 0.221. The van der Waals surface area contributed by atoms with Crippen molar-refractivity contribution in [2.45, 2.75) is 25.3 Å². The van der Waals surface area contributed by atoms with Gasteiger partial charge in [-0.05, 0) is 19.3 Å². The lowest BCUT2D eigenvalue weighted by molar-refractivity contribution is -0.142. The average molecular weight is 327 g/mol. The van der Waals surface area contributed by atoms with Crippen LogP contribution in [0.3, 0.4) is 0 Å². The van der Waals surface area contributed by atoms with Gasteiger partial charge in [-0.1, -0.05) is 35.5 Å². The highest BCUT2D eigenvalue weighted by Crippen LogP contribution is 2.31. The van der Waals surface area contributed by atoms with Gasteiger partial charge in [-0.3, -0.25) is 9.59 Å². The van der Waals surface area contributed by atoms with Crippen LogP contribution < -0.4 is 5.32 Å². The van der Waals surface area contributed by atoms with E-state index < -0.39 is 0 Å². The first kappa shape index (κ1) is 14.9. The van der Waals surface area contributed by atoms with Crippen molar-refractivity contribution in [3.63, 3.8) is 0 Å². The number of hydrogen-bond acceptors (Lipinski definition) is 4. The van der Waals surface area contributed by atoms with Crippen molar-refractivity contribution in [2.24, 2.45) is 5.92 Å². The first-order valence-corrected chi connectivity index (χ1v) is 8.32. The van der Waals surface area contributed by atoms with Gasteiger partial charge < -0.3 is 14.7 Å². The number of benzene rings is 1. The second-order valence-corrected chi connectivity index (χ2v) is 6.46. The molecule has 4 rings (SSSR count). The number of hydrogen-bond donors (Lipinski definition) is 1.